The summed E-state index contributed by atoms with van der Waals surface area (Å²) in [5, 5.41) is 3.36. The number of fused-ring (bicyclic) bond motifs is 1. The van der Waals surface area contributed by atoms with Crippen LogP contribution in [0.15, 0.2) is 34.7 Å². The minimum Gasteiger partial charge on any atom is -0.493 e. The number of para-hydroxylation sites is 1. The van der Waals surface area contributed by atoms with Gasteiger partial charge in [-0.1, -0.05) is 26.0 Å². The van der Waals surface area contributed by atoms with Gasteiger partial charge in [-0.15, -0.1) is 0 Å². The number of ether oxygens (including phenoxy) is 1. The molecular formula is C17H21NO2. The first kappa shape index (κ1) is 13.3. The summed E-state index contributed by atoms with van der Waals surface area (Å²) in [6.45, 7) is 5.82. The van der Waals surface area contributed by atoms with Crippen LogP contribution in [0.5, 0.6) is 5.75 Å². The molecule has 0 saturated carbocycles. The molecule has 1 aromatic heterocycles. The van der Waals surface area contributed by atoms with Crippen molar-refractivity contribution in [3.8, 4) is 17.1 Å². The summed E-state index contributed by atoms with van der Waals surface area (Å²) in [5.41, 5.74) is 2.35. The second-order valence-electron chi connectivity index (χ2n) is 5.55. The Hall–Kier alpha value is -1.74. The third kappa shape index (κ3) is 2.73. The van der Waals surface area contributed by atoms with Crippen molar-refractivity contribution in [1.29, 1.82) is 0 Å². The minimum atomic E-state index is 0.455. The van der Waals surface area contributed by atoms with Crippen molar-refractivity contribution in [3.63, 3.8) is 0 Å². The van der Waals surface area contributed by atoms with E-state index in [1.54, 1.807) is 0 Å². The van der Waals surface area contributed by atoms with Crippen molar-refractivity contribution in [2.24, 2.45) is 0 Å². The summed E-state index contributed by atoms with van der Waals surface area (Å²) in [5.74, 6) is 2.85. The Morgan fingerprint density at radius 2 is 2.10 bits per heavy atom. The van der Waals surface area contributed by atoms with Gasteiger partial charge in [-0.25, -0.2) is 0 Å². The quantitative estimate of drug-likeness (QED) is 0.919. The number of nitrogens with one attached hydrogen (secondary N) is 1. The molecule has 0 unspecified atom stereocenters. The second-order valence-corrected chi connectivity index (χ2v) is 5.55. The Morgan fingerprint density at radius 1 is 1.20 bits per heavy atom. The predicted octanol–water partition coefficient (Wildman–Crippen LogP) is 3.77. The summed E-state index contributed by atoms with van der Waals surface area (Å²) in [6, 6.07) is 10.8. The van der Waals surface area contributed by atoms with E-state index in [0.29, 0.717) is 6.04 Å². The average molecular weight is 271 g/mol. The topological polar surface area (TPSA) is 34.4 Å². The fraction of sp³-hybridized carbons (Fsp3) is 0.412. The lowest BCUT2D eigenvalue weighted by Gasteiger charge is -2.19. The maximum atomic E-state index is 5.94. The van der Waals surface area contributed by atoms with Crippen molar-refractivity contribution in [2.75, 3.05) is 6.61 Å². The number of benzene rings is 1. The molecule has 1 aliphatic heterocycles. The van der Waals surface area contributed by atoms with Crippen LogP contribution in [0.3, 0.4) is 0 Å². The van der Waals surface area contributed by atoms with E-state index in [1.807, 2.05) is 12.1 Å². The lowest BCUT2D eigenvalue weighted by Crippen LogP contribution is -2.21. The Kier molecular flexibility index (Phi) is 3.79. The number of rotatable bonds is 4. The van der Waals surface area contributed by atoms with Crippen LogP contribution in [0, 0.1) is 0 Å². The molecule has 3 rings (SSSR count). The molecule has 1 N–H and O–H groups in total. The van der Waals surface area contributed by atoms with Gasteiger partial charge in [0.1, 0.15) is 17.3 Å². The SMILES string of the molecule is CC(C)NCc1ccc(-c2cccc3c2OCCC3)o1. The third-order valence-corrected chi connectivity index (χ3v) is 3.55. The first-order valence-corrected chi connectivity index (χ1v) is 7.31. The molecule has 3 nitrogen and oxygen atoms in total. The molecule has 3 heteroatoms. The molecule has 0 aliphatic carbocycles. The van der Waals surface area contributed by atoms with Crippen LogP contribution in [0.2, 0.25) is 0 Å². The summed E-state index contributed by atoms with van der Waals surface area (Å²) in [6.07, 6.45) is 2.18. The monoisotopic (exact) mass is 271 g/mol. The lowest BCUT2D eigenvalue weighted by molar-refractivity contribution is 0.289. The molecule has 0 bridgehead atoms. The van der Waals surface area contributed by atoms with Crippen LogP contribution >= 0.6 is 0 Å². The standard InChI is InChI=1S/C17H21NO2/c1-12(2)18-11-14-8-9-16(20-14)15-7-3-5-13-6-4-10-19-17(13)15/h3,5,7-9,12,18H,4,6,10-11H2,1-2H3. The maximum absolute atomic E-state index is 5.94. The van der Waals surface area contributed by atoms with E-state index in [2.05, 4.69) is 37.4 Å². The fourth-order valence-electron chi connectivity index (χ4n) is 2.51. The van der Waals surface area contributed by atoms with Crippen molar-refractivity contribution in [2.45, 2.75) is 39.3 Å². The fourth-order valence-corrected chi connectivity index (χ4v) is 2.51. The molecule has 20 heavy (non-hydrogen) atoms. The highest BCUT2D eigenvalue weighted by Crippen LogP contribution is 2.36. The predicted molar refractivity (Wildman–Crippen MR) is 79.9 cm³/mol. The Labute approximate surface area is 119 Å². The number of furan rings is 1. The van der Waals surface area contributed by atoms with E-state index in [-0.39, 0.29) is 0 Å². The van der Waals surface area contributed by atoms with Crippen molar-refractivity contribution in [1.82, 2.24) is 5.32 Å². The third-order valence-electron chi connectivity index (χ3n) is 3.55. The summed E-state index contributed by atoms with van der Waals surface area (Å²) < 4.78 is 11.8. The van der Waals surface area contributed by atoms with Crippen LogP contribution in [0.1, 0.15) is 31.6 Å². The van der Waals surface area contributed by atoms with E-state index in [9.17, 15) is 0 Å². The average Bonchev–Trinajstić information content (AvgIpc) is 2.93. The highest BCUT2D eigenvalue weighted by atomic mass is 16.5. The molecule has 1 aromatic carbocycles. The van der Waals surface area contributed by atoms with Gasteiger partial charge in [0.15, 0.2) is 0 Å². The molecule has 1 aliphatic rings. The van der Waals surface area contributed by atoms with Crippen LogP contribution in [-0.2, 0) is 13.0 Å². The van der Waals surface area contributed by atoms with Gasteiger partial charge in [-0.05, 0) is 36.6 Å². The van der Waals surface area contributed by atoms with Gasteiger partial charge in [0.25, 0.3) is 0 Å². The van der Waals surface area contributed by atoms with Gasteiger partial charge in [-0.3, -0.25) is 0 Å². The summed E-state index contributed by atoms with van der Waals surface area (Å²) in [4.78, 5) is 0. The first-order chi connectivity index (χ1) is 9.74. The summed E-state index contributed by atoms with van der Waals surface area (Å²) >= 11 is 0. The van der Waals surface area contributed by atoms with Crippen molar-refractivity contribution >= 4 is 0 Å². The van der Waals surface area contributed by atoms with Gasteiger partial charge in [-0.2, -0.15) is 0 Å². The zero-order valence-corrected chi connectivity index (χ0v) is 12.1. The Balaban J connectivity index is 1.86. The van der Waals surface area contributed by atoms with E-state index < -0.39 is 0 Å². The van der Waals surface area contributed by atoms with Crippen LogP contribution in [0.25, 0.3) is 11.3 Å². The number of aryl methyl sites for hydroxylation is 1. The van der Waals surface area contributed by atoms with Gasteiger partial charge in [0.05, 0.1) is 18.7 Å². The van der Waals surface area contributed by atoms with Gasteiger partial charge in [0, 0.05) is 6.04 Å². The van der Waals surface area contributed by atoms with E-state index in [1.165, 1.54) is 5.56 Å². The highest BCUT2D eigenvalue weighted by molar-refractivity contribution is 5.68. The molecule has 0 amide bonds. The molecule has 0 spiro atoms. The minimum absolute atomic E-state index is 0.455. The molecule has 0 atom stereocenters. The van der Waals surface area contributed by atoms with E-state index in [4.69, 9.17) is 9.15 Å². The Bertz CT molecular complexity index is 586. The van der Waals surface area contributed by atoms with Gasteiger partial charge >= 0.3 is 0 Å². The molecular weight excluding hydrogens is 250 g/mol. The highest BCUT2D eigenvalue weighted by Gasteiger charge is 2.17. The van der Waals surface area contributed by atoms with Crippen LogP contribution in [-0.4, -0.2) is 12.6 Å². The molecule has 2 aromatic rings. The van der Waals surface area contributed by atoms with Crippen LogP contribution < -0.4 is 10.1 Å². The van der Waals surface area contributed by atoms with Gasteiger partial charge in [0.2, 0.25) is 0 Å². The number of hydrogen-bond acceptors (Lipinski definition) is 3. The second kappa shape index (κ2) is 5.71. The van der Waals surface area contributed by atoms with Crippen LogP contribution in [0.4, 0.5) is 0 Å². The zero-order valence-electron chi connectivity index (χ0n) is 12.1. The van der Waals surface area contributed by atoms with E-state index in [0.717, 1.165) is 48.8 Å². The molecule has 0 radical (unpaired) electrons. The molecule has 0 fully saturated rings. The first-order valence-electron chi connectivity index (χ1n) is 7.31. The smallest absolute Gasteiger partial charge is 0.138 e. The van der Waals surface area contributed by atoms with Crippen molar-refractivity contribution in [3.05, 3.63) is 41.7 Å². The molecule has 2 heterocycles. The molecule has 0 saturated heterocycles. The van der Waals surface area contributed by atoms with Gasteiger partial charge < -0.3 is 14.5 Å². The van der Waals surface area contributed by atoms with E-state index >= 15 is 0 Å². The zero-order chi connectivity index (χ0) is 13.9. The molecule has 106 valence electrons. The Morgan fingerprint density at radius 3 is 2.95 bits per heavy atom. The maximum Gasteiger partial charge on any atom is 0.138 e. The van der Waals surface area contributed by atoms with Crippen molar-refractivity contribution < 1.29 is 9.15 Å². The summed E-state index contributed by atoms with van der Waals surface area (Å²) in [7, 11) is 0. The number of hydrogen-bond donors (Lipinski definition) is 1. The largest absolute Gasteiger partial charge is 0.493 e. The lowest BCUT2D eigenvalue weighted by atomic mass is 10.0. The normalized spacial score (nSPS) is 14.2.